The van der Waals surface area contributed by atoms with Gasteiger partial charge in [0.1, 0.15) is 11.5 Å². The van der Waals surface area contributed by atoms with Crippen molar-refractivity contribution < 1.29 is 18.8 Å². The van der Waals surface area contributed by atoms with Gasteiger partial charge in [-0.3, -0.25) is 4.79 Å². The molecule has 0 N–H and O–H groups in total. The largest absolute Gasteiger partial charge is 0.469 e. The van der Waals surface area contributed by atoms with Crippen LogP contribution in [0.1, 0.15) is 138 Å². The monoisotopic (exact) mass is 541 g/mol. The second-order valence-electron chi connectivity index (χ2n) is 16.2. The first-order valence-corrected chi connectivity index (χ1v) is 15.5. The number of Topliss-reactive ketones (excluding diaryl/α,β-unsaturated/α-hetero) is 1. The summed E-state index contributed by atoms with van der Waals surface area (Å²) in [7, 11) is 1.53. The van der Waals surface area contributed by atoms with Gasteiger partial charge in [0, 0.05) is 17.4 Å². The average molecular weight is 542 g/mol. The van der Waals surface area contributed by atoms with Crippen LogP contribution in [0.15, 0.2) is 10.7 Å². The molecule has 2 fully saturated rings. The highest BCUT2D eigenvalue weighted by Gasteiger charge is 2.64. The van der Waals surface area contributed by atoms with Crippen molar-refractivity contribution in [2.24, 2.45) is 38.9 Å². The number of aromatic nitrogens is 1. The van der Waals surface area contributed by atoms with E-state index in [2.05, 4.69) is 60.5 Å². The predicted molar refractivity (Wildman–Crippen MR) is 155 cm³/mol. The van der Waals surface area contributed by atoms with Gasteiger partial charge in [0.2, 0.25) is 0 Å². The van der Waals surface area contributed by atoms with Crippen molar-refractivity contribution in [3.63, 3.8) is 0 Å². The molecule has 0 aromatic carbocycles. The molecular formula is C34H55NO4. The second-order valence-corrected chi connectivity index (χ2v) is 16.2. The lowest BCUT2D eigenvalue weighted by Crippen LogP contribution is -2.61. The van der Waals surface area contributed by atoms with Crippen molar-refractivity contribution in [3.8, 4) is 0 Å². The Hall–Kier alpha value is -1.65. The fraction of sp³-hybridized carbons (Fsp3) is 0.853. The number of nitrogens with zero attached hydrogens (tertiary/aromatic N) is 1. The first-order valence-electron chi connectivity index (χ1n) is 15.5. The SMILES string of the molecule is COC(=O)[C@@]1(C)CCC(C)(C)CCC[C@](C)([C@]2(C)CC[C@H]3C(C)(C)c4oncc4C[C@]3(C)[C@H]2CC(C)=O)CC1. The predicted octanol–water partition coefficient (Wildman–Crippen LogP) is 8.48. The summed E-state index contributed by atoms with van der Waals surface area (Å²) in [5.41, 5.74) is 0.728. The van der Waals surface area contributed by atoms with Gasteiger partial charge in [0.05, 0.1) is 18.7 Å². The number of ketones is 1. The standard InChI is InChI=1S/C34H55NO4/c1-23(36)20-26-33(8)21-24-22-35-39-27(24)30(4,5)25(33)12-15-34(26,9)32(7)14-11-13-29(2,3)16-17-31(6,18-19-32)28(37)38-10/h22,25-26H,11-21H2,1-10H3/t25-,26+,31-,32-,33-,34+/m0/s1. The van der Waals surface area contributed by atoms with E-state index in [1.54, 1.807) is 6.92 Å². The van der Waals surface area contributed by atoms with Crippen LogP contribution in [0.3, 0.4) is 0 Å². The molecule has 5 nitrogen and oxygen atoms in total. The number of hydrogen-bond donors (Lipinski definition) is 0. The summed E-state index contributed by atoms with van der Waals surface area (Å²) in [4.78, 5) is 26.2. The molecule has 0 saturated heterocycles. The molecule has 0 spiro atoms. The first-order chi connectivity index (χ1) is 17.9. The number of carbonyl (C=O) groups excluding carboxylic acids is 2. The van der Waals surface area contributed by atoms with Crippen molar-refractivity contribution in [1.29, 1.82) is 0 Å². The summed E-state index contributed by atoms with van der Waals surface area (Å²) in [6.07, 6.45) is 12.8. The third-order valence-electron chi connectivity index (χ3n) is 12.7. The summed E-state index contributed by atoms with van der Waals surface area (Å²) in [5.74, 6) is 1.91. The molecule has 1 heterocycles. The molecular weight excluding hydrogens is 486 g/mol. The molecule has 5 heteroatoms. The molecule has 0 aliphatic heterocycles. The van der Waals surface area contributed by atoms with Gasteiger partial charge in [0.15, 0.2) is 0 Å². The molecule has 1 aromatic rings. The average Bonchev–Trinajstić information content (AvgIpc) is 3.31. The fourth-order valence-corrected chi connectivity index (χ4v) is 9.82. The Morgan fingerprint density at radius 3 is 2.26 bits per heavy atom. The zero-order valence-electron chi connectivity index (χ0n) is 26.6. The zero-order chi connectivity index (χ0) is 29.1. The third kappa shape index (κ3) is 5.03. The third-order valence-corrected chi connectivity index (χ3v) is 12.7. The maximum Gasteiger partial charge on any atom is 0.311 e. The van der Waals surface area contributed by atoms with Crippen molar-refractivity contribution in [3.05, 3.63) is 17.5 Å². The van der Waals surface area contributed by atoms with E-state index >= 15 is 0 Å². The number of hydrogen-bond acceptors (Lipinski definition) is 5. The number of methoxy groups -OCH3 is 1. The minimum absolute atomic E-state index is 0.00284. The summed E-state index contributed by atoms with van der Waals surface area (Å²) in [6.45, 7) is 20.7. The minimum atomic E-state index is -0.484. The van der Waals surface area contributed by atoms with Crippen LogP contribution in [-0.2, 0) is 26.2 Å². The lowest BCUT2D eigenvalue weighted by atomic mass is 9.38. The Balaban J connectivity index is 1.80. The Kier molecular flexibility index (Phi) is 7.78. The fourth-order valence-electron chi connectivity index (χ4n) is 9.82. The Morgan fingerprint density at radius 1 is 0.949 bits per heavy atom. The van der Waals surface area contributed by atoms with E-state index in [4.69, 9.17) is 9.26 Å². The summed E-state index contributed by atoms with van der Waals surface area (Å²) < 4.78 is 11.2. The molecule has 0 bridgehead atoms. The topological polar surface area (TPSA) is 69.4 Å². The van der Waals surface area contributed by atoms with Gasteiger partial charge in [-0.1, -0.05) is 60.0 Å². The minimum Gasteiger partial charge on any atom is -0.469 e. The van der Waals surface area contributed by atoms with Gasteiger partial charge < -0.3 is 14.1 Å². The Bertz CT molecular complexity index is 1090. The van der Waals surface area contributed by atoms with E-state index in [9.17, 15) is 9.59 Å². The van der Waals surface area contributed by atoms with Crippen LogP contribution in [0.4, 0.5) is 0 Å². The maximum atomic E-state index is 13.2. The van der Waals surface area contributed by atoms with Crippen LogP contribution >= 0.6 is 0 Å². The molecule has 39 heavy (non-hydrogen) atoms. The normalized spacial score (nSPS) is 40.2. The number of fused-ring (bicyclic) bond motifs is 2. The van der Waals surface area contributed by atoms with Crippen molar-refractivity contribution >= 4 is 11.8 Å². The molecule has 6 atom stereocenters. The molecule has 0 radical (unpaired) electrons. The first kappa shape index (κ1) is 30.3. The van der Waals surface area contributed by atoms with Crippen LogP contribution in [0, 0.1) is 38.9 Å². The highest BCUT2D eigenvalue weighted by Crippen LogP contribution is 2.69. The quantitative estimate of drug-likeness (QED) is 0.358. The molecule has 3 aliphatic rings. The molecule has 220 valence electrons. The Labute approximate surface area is 237 Å². The van der Waals surface area contributed by atoms with Crippen LogP contribution in [0.5, 0.6) is 0 Å². The van der Waals surface area contributed by atoms with E-state index in [0.717, 1.165) is 63.5 Å². The van der Waals surface area contributed by atoms with Gasteiger partial charge in [0.25, 0.3) is 0 Å². The molecule has 0 unspecified atom stereocenters. The van der Waals surface area contributed by atoms with Crippen molar-refractivity contribution in [1.82, 2.24) is 5.16 Å². The summed E-state index contributed by atoms with van der Waals surface area (Å²) in [6, 6.07) is 0. The van der Waals surface area contributed by atoms with Crippen molar-refractivity contribution in [2.45, 2.75) is 138 Å². The van der Waals surface area contributed by atoms with Gasteiger partial charge in [-0.15, -0.1) is 0 Å². The van der Waals surface area contributed by atoms with Crippen LogP contribution in [0.25, 0.3) is 0 Å². The van der Waals surface area contributed by atoms with E-state index < -0.39 is 5.41 Å². The van der Waals surface area contributed by atoms with E-state index in [1.807, 2.05) is 6.20 Å². The highest BCUT2D eigenvalue weighted by atomic mass is 16.5. The number of rotatable bonds is 4. The molecule has 1 aromatic heterocycles. The number of ether oxygens (including phenoxy) is 1. The van der Waals surface area contributed by atoms with E-state index in [-0.39, 0.29) is 44.7 Å². The summed E-state index contributed by atoms with van der Waals surface area (Å²) >= 11 is 0. The number of esters is 1. The lowest BCUT2D eigenvalue weighted by molar-refractivity contribution is -0.165. The van der Waals surface area contributed by atoms with Crippen LogP contribution in [-0.4, -0.2) is 24.0 Å². The van der Waals surface area contributed by atoms with Gasteiger partial charge in [-0.2, -0.15) is 0 Å². The smallest absolute Gasteiger partial charge is 0.311 e. The van der Waals surface area contributed by atoms with Gasteiger partial charge in [-0.05, 0) is 105 Å². The summed E-state index contributed by atoms with van der Waals surface area (Å²) in [5, 5.41) is 4.22. The van der Waals surface area contributed by atoms with Crippen LogP contribution in [0.2, 0.25) is 0 Å². The van der Waals surface area contributed by atoms with E-state index in [0.29, 0.717) is 12.3 Å². The van der Waals surface area contributed by atoms with Gasteiger partial charge >= 0.3 is 5.97 Å². The molecule has 3 aliphatic carbocycles. The number of carbonyl (C=O) groups is 2. The molecule has 2 saturated carbocycles. The van der Waals surface area contributed by atoms with Gasteiger partial charge in [-0.25, -0.2) is 0 Å². The maximum absolute atomic E-state index is 13.2. The molecule has 0 amide bonds. The lowest BCUT2D eigenvalue weighted by Gasteiger charge is -2.66. The Morgan fingerprint density at radius 2 is 1.62 bits per heavy atom. The second kappa shape index (κ2) is 10.0. The molecule has 4 rings (SSSR count). The zero-order valence-corrected chi connectivity index (χ0v) is 26.6. The van der Waals surface area contributed by atoms with Crippen LogP contribution < -0.4 is 0 Å². The highest BCUT2D eigenvalue weighted by molar-refractivity contribution is 5.76. The van der Waals surface area contributed by atoms with Crippen molar-refractivity contribution in [2.75, 3.05) is 7.11 Å². The van der Waals surface area contributed by atoms with E-state index in [1.165, 1.54) is 19.1 Å².